The molecule has 3 N–H and O–H groups in total. The summed E-state index contributed by atoms with van der Waals surface area (Å²) in [6, 6.07) is 31.8. The summed E-state index contributed by atoms with van der Waals surface area (Å²) in [5, 5.41) is 17.6. The molecule has 1 heterocycles. The van der Waals surface area contributed by atoms with Gasteiger partial charge >= 0.3 is 12.1 Å². The first-order valence-corrected chi connectivity index (χ1v) is 13.2. The number of esters is 1. The van der Waals surface area contributed by atoms with Gasteiger partial charge in [0.05, 0.1) is 18.7 Å². The fourth-order valence-electron chi connectivity index (χ4n) is 5.96. The third kappa shape index (κ3) is 5.97. The number of fused-ring (bicyclic) bond motifs is 1. The second-order valence-electron chi connectivity index (χ2n) is 9.97. The van der Waals surface area contributed by atoms with E-state index in [1.807, 2.05) is 36.4 Å². The predicted octanol–water partition coefficient (Wildman–Crippen LogP) is 6.34. The molecule has 5 rings (SSSR count). The molecule has 4 aromatic carbocycles. The summed E-state index contributed by atoms with van der Waals surface area (Å²) in [5.41, 5.74) is 6.11. The second kappa shape index (κ2) is 13.0. The van der Waals surface area contributed by atoms with Crippen molar-refractivity contribution in [2.75, 3.05) is 20.2 Å². The summed E-state index contributed by atoms with van der Waals surface area (Å²) in [4.78, 5) is 24.6. The zero-order chi connectivity index (χ0) is 27.4. The van der Waals surface area contributed by atoms with Gasteiger partial charge in [0, 0.05) is 31.0 Å². The highest BCUT2D eigenvalue weighted by Crippen LogP contribution is 2.45. The number of benzene rings is 4. The summed E-state index contributed by atoms with van der Waals surface area (Å²) >= 11 is 0. The van der Waals surface area contributed by atoms with E-state index in [-0.39, 0.29) is 30.3 Å². The van der Waals surface area contributed by atoms with Crippen LogP contribution >= 0.6 is 12.4 Å². The van der Waals surface area contributed by atoms with E-state index in [9.17, 15) is 14.7 Å². The fourth-order valence-corrected chi connectivity index (χ4v) is 5.96. The van der Waals surface area contributed by atoms with E-state index in [0.717, 1.165) is 11.1 Å². The Morgan fingerprint density at radius 2 is 1.62 bits per heavy atom. The molecular formula is C32H34ClN3O4. The van der Waals surface area contributed by atoms with Crippen molar-refractivity contribution in [3.05, 3.63) is 119 Å². The molecule has 4 atom stereocenters. The van der Waals surface area contributed by atoms with Gasteiger partial charge in [-0.2, -0.15) is 0 Å². The highest BCUT2D eigenvalue weighted by atomic mass is 35.5. The molecule has 1 aliphatic heterocycles. The SMILES string of the molecule is COC(=O)c1ccccc1C1[C@H](CN[C@H](C)c2cccc3ccccc23)[C@@H](c2ccccc2)CN1NC(=O)O.Cl. The molecule has 1 saturated heterocycles. The maximum atomic E-state index is 12.8. The summed E-state index contributed by atoms with van der Waals surface area (Å²) < 4.78 is 5.09. The zero-order valence-corrected chi connectivity index (χ0v) is 23.3. The molecule has 1 unspecified atom stereocenters. The molecule has 0 bridgehead atoms. The quantitative estimate of drug-likeness (QED) is 0.218. The Labute approximate surface area is 240 Å². The first-order valence-electron chi connectivity index (χ1n) is 13.2. The summed E-state index contributed by atoms with van der Waals surface area (Å²) in [6.45, 7) is 3.21. The van der Waals surface area contributed by atoms with Gasteiger partial charge in [-0.1, -0.05) is 91.0 Å². The number of amides is 1. The first-order chi connectivity index (χ1) is 19.0. The van der Waals surface area contributed by atoms with Crippen molar-refractivity contribution in [1.82, 2.24) is 15.8 Å². The van der Waals surface area contributed by atoms with Gasteiger partial charge in [0.2, 0.25) is 0 Å². The highest BCUT2D eigenvalue weighted by molar-refractivity contribution is 5.91. The smallest absolute Gasteiger partial charge is 0.419 e. The van der Waals surface area contributed by atoms with E-state index >= 15 is 0 Å². The van der Waals surface area contributed by atoms with E-state index in [1.165, 1.54) is 23.4 Å². The third-order valence-electron chi connectivity index (χ3n) is 7.75. The van der Waals surface area contributed by atoms with Crippen LogP contribution in [0.3, 0.4) is 0 Å². The highest BCUT2D eigenvalue weighted by Gasteiger charge is 2.45. The number of nitrogens with zero attached hydrogens (tertiary/aromatic N) is 1. The Morgan fingerprint density at radius 1 is 0.950 bits per heavy atom. The van der Waals surface area contributed by atoms with E-state index in [4.69, 9.17) is 4.74 Å². The van der Waals surface area contributed by atoms with Crippen molar-refractivity contribution in [3.8, 4) is 0 Å². The van der Waals surface area contributed by atoms with Crippen LogP contribution < -0.4 is 10.7 Å². The minimum Gasteiger partial charge on any atom is -0.465 e. The number of carbonyl (C=O) groups excluding carboxylic acids is 1. The summed E-state index contributed by atoms with van der Waals surface area (Å²) in [6.07, 6.45) is -1.14. The monoisotopic (exact) mass is 559 g/mol. The molecule has 0 aromatic heterocycles. The molecule has 40 heavy (non-hydrogen) atoms. The number of nitrogens with one attached hydrogen (secondary N) is 2. The Bertz CT molecular complexity index is 1460. The van der Waals surface area contributed by atoms with Crippen molar-refractivity contribution < 1.29 is 19.4 Å². The van der Waals surface area contributed by atoms with Crippen LogP contribution in [0.1, 0.15) is 52.0 Å². The van der Waals surface area contributed by atoms with E-state index in [0.29, 0.717) is 18.7 Å². The minimum atomic E-state index is -1.14. The van der Waals surface area contributed by atoms with Gasteiger partial charge in [-0.25, -0.2) is 14.6 Å². The lowest BCUT2D eigenvalue weighted by Crippen LogP contribution is -2.43. The van der Waals surface area contributed by atoms with Crippen LogP contribution in [0.5, 0.6) is 0 Å². The molecule has 0 spiro atoms. The number of carbonyl (C=O) groups is 2. The number of hydrazine groups is 1. The Hall–Kier alpha value is -3.91. The number of carboxylic acid groups (broad SMARTS) is 1. The van der Waals surface area contributed by atoms with Crippen molar-refractivity contribution in [2.45, 2.75) is 24.9 Å². The number of halogens is 1. The largest absolute Gasteiger partial charge is 0.465 e. The van der Waals surface area contributed by atoms with Crippen LogP contribution in [0.2, 0.25) is 0 Å². The van der Waals surface area contributed by atoms with Crippen molar-refractivity contribution in [1.29, 1.82) is 0 Å². The van der Waals surface area contributed by atoms with Gasteiger partial charge in [0.25, 0.3) is 0 Å². The Morgan fingerprint density at radius 3 is 2.38 bits per heavy atom. The third-order valence-corrected chi connectivity index (χ3v) is 7.75. The zero-order valence-electron chi connectivity index (χ0n) is 22.5. The van der Waals surface area contributed by atoms with Crippen LogP contribution in [0.25, 0.3) is 10.8 Å². The topological polar surface area (TPSA) is 90.9 Å². The number of methoxy groups -OCH3 is 1. The number of hydrogen-bond acceptors (Lipinski definition) is 5. The van der Waals surface area contributed by atoms with E-state index in [2.05, 4.69) is 66.2 Å². The lowest BCUT2D eigenvalue weighted by Gasteiger charge is -2.31. The first kappa shape index (κ1) is 29.1. The second-order valence-corrected chi connectivity index (χ2v) is 9.97. The van der Waals surface area contributed by atoms with Crippen LogP contribution in [0.4, 0.5) is 4.79 Å². The van der Waals surface area contributed by atoms with Gasteiger partial charge < -0.3 is 15.2 Å². The molecule has 0 radical (unpaired) electrons. The van der Waals surface area contributed by atoms with E-state index in [1.54, 1.807) is 17.1 Å². The average Bonchev–Trinajstić information content (AvgIpc) is 3.32. The maximum Gasteiger partial charge on any atom is 0.419 e. The maximum absolute atomic E-state index is 12.8. The number of rotatable bonds is 8. The lowest BCUT2D eigenvalue weighted by atomic mass is 9.81. The molecule has 8 heteroatoms. The van der Waals surface area contributed by atoms with Crippen molar-refractivity contribution in [3.63, 3.8) is 0 Å². The van der Waals surface area contributed by atoms with Crippen LogP contribution in [-0.4, -0.2) is 42.4 Å². The standard InChI is InChI=1S/C32H33N3O4.ClH/c1-21(24-18-10-14-22-13-6-7-15-25(22)24)33-19-28-29(23-11-4-3-5-12-23)20-35(34-32(37)38)30(28)26-16-8-9-17-27(26)31(36)39-2;/h3-18,21,28-30,33-34H,19-20H2,1-2H3,(H,37,38);1H/t21-,28-,29-,30?;/m1./s1. The molecule has 1 amide bonds. The Balaban J connectivity index is 0.00000370. The molecule has 4 aromatic rings. The Kier molecular flexibility index (Phi) is 9.42. The van der Waals surface area contributed by atoms with Gasteiger partial charge in [-0.15, -0.1) is 12.4 Å². The van der Waals surface area contributed by atoms with Crippen molar-refractivity contribution in [2.24, 2.45) is 5.92 Å². The molecule has 0 aliphatic carbocycles. The molecule has 1 fully saturated rings. The molecule has 208 valence electrons. The van der Waals surface area contributed by atoms with Gasteiger partial charge in [-0.3, -0.25) is 5.43 Å². The van der Waals surface area contributed by atoms with Crippen LogP contribution in [0, 0.1) is 5.92 Å². The predicted molar refractivity (Wildman–Crippen MR) is 159 cm³/mol. The minimum absolute atomic E-state index is 0. The summed E-state index contributed by atoms with van der Waals surface area (Å²) in [5.74, 6) is -0.483. The number of hydrogen-bond donors (Lipinski definition) is 3. The normalized spacial score (nSPS) is 19.5. The summed E-state index contributed by atoms with van der Waals surface area (Å²) in [7, 11) is 1.36. The van der Waals surface area contributed by atoms with Gasteiger partial charge in [-0.05, 0) is 40.5 Å². The van der Waals surface area contributed by atoms with Crippen LogP contribution in [-0.2, 0) is 4.74 Å². The van der Waals surface area contributed by atoms with E-state index < -0.39 is 18.1 Å². The molecule has 7 nitrogen and oxygen atoms in total. The van der Waals surface area contributed by atoms with Gasteiger partial charge in [0.1, 0.15) is 0 Å². The molecule has 0 saturated carbocycles. The number of ether oxygens (including phenoxy) is 1. The molecule has 1 aliphatic rings. The lowest BCUT2D eigenvalue weighted by molar-refractivity contribution is 0.0594. The molecular weight excluding hydrogens is 526 g/mol. The van der Waals surface area contributed by atoms with Crippen molar-refractivity contribution >= 4 is 35.2 Å². The van der Waals surface area contributed by atoms with Gasteiger partial charge in [0.15, 0.2) is 0 Å². The average molecular weight is 560 g/mol. The van der Waals surface area contributed by atoms with Crippen LogP contribution in [0.15, 0.2) is 97.1 Å². The fraction of sp³-hybridized carbons (Fsp3) is 0.250.